The number of aryl methyl sites for hydroxylation is 1. The van der Waals surface area contributed by atoms with Gasteiger partial charge >= 0.3 is 0 Å². The number of amides is 1. The average molecular weight is 292 g/mol. The van der Waals surface area contributed by atoms with Gasteiger partial charge in [0.25, 0.3) is 0 Å². The minimum atomic E-state index is -0.743. The highest BCUT2D eigenvalue weighted by Gasteiger charge is 2.36. The third kappa shape index (κ3) is 2.07. The van der Waals surface area contributed by atoms with Crippen molar-refractivity contribution in [2.75, 3.05) is 5.32 Å². The minimum absolute atomic E-state index is 0.169. The molecule has 0 fully saturated rings. The van der Waals surface area contributed by atoms with Gasteiger partial charge in [-0.25, -0.2) is 0 Å². The Morgan fingerprint density at radius 2 is 2.00 bits per heavy atom. The van der Waals surface area contributed by atoms with E-state index in [0.29, 0.717) is 16.3 Å². The van der Waals surface area contributed by atoms with E-state index >= 15 is 0 Å². The maximum Gasteiger partial charge on any atom is 0.240 e. The van der Waals surface area contributed by atoms with Crippen molar-refractivity contribution in [3.8, 4) is 0 Å². The van der Waals surface area contributed by atoms with Gasteiger partial charge in [0, 0.05) is 20.3 Å². The van der Waals surface area contributed by atoms with Crippen LogP contribution in [0.15, 0.2) is 30.3 Å². The normalized spacial score (nSPS) is 18.1. The first-order valence-electron chi connectivity index (χ1n) is 5.77. The lowest BCUT2D eigenvalue weighted by Crippen LogP contribution is -2.33. The molecular weight excluding hydrogens is 282 g/mol. The van der Waals surface area contributed by atoms with Crippen molar-refractivity contribution in [3.05, 3.63) is 50.7 Å². The molecule has 1 unspecified atom stereocenters. The van der Waals surface area contributed by atoms with Crippen LogP contribution in [0.2, 0.25) is 5.02 Å². The van der Waals surface area contributed by atoms with E-state index < -0.39 is 5.92 Å². The SMILES string of the molecule is Cc1ccc(C2C(=O)Nc3cc(Cl)ccc3C2=O)s1. The minimum Gasteiger partial charge on any atom is -0.324 e. The lowest BCUT2D eigenvalue weighted by atomic mass is 9.90. The first-order chi connectivity index (χ1) is 9.06. The number of benzene rings is 1. The topological polar surface area (TPSA) is 46.2 Å². The molecule has 0 radical (unpaired) electrons. The fourth-order valence-electron chi connectivity index (χ4n) is 2.18. The van der Waals surface area contributed by atoms with Crippen LogP contribution in [-0.2, 0) is 4.79 Å². The van der Waals surface area contributed by atoms with Gasteiger partial charge in [-0.2, -0.15) is 0 Å². The predicted octanol–water partition coefficient (Wildman–Crippen LogP) is 3.63. The van der Waals surface area contributed by atoms with Crippen LogP contribution in [-0.4, -0.2) is 11.7 Å². The van der Waals surface area contributed by atoms with Gasteiger partial charge in [-0.1, -0.05) is 11.6 Å². The largest absolute Gasteiger partial charge is 0.324 e. The number of Topliss-reactive ketones (excluding diaryl/α,β-unsaturated/α-hetero) is 1. The van der Waals surface area contributed by atoms with Crippen LogP contribution in [0.5, 0.6) is 0 Å². The van der Waals surface area contributed by atoms with Gasteiger partial charge in [0.05, 0.1) is 5.69 Å². The van der Waals surface area contributed by atoms with Crippen LogP contribution in [0.4, 0.5) is 5.69 Å². The number of fused-ring (bicyclic) bond motifs is 1. The summed E-state index contributed by atoms with van der Waals surface area (Å²) in [6.45, 7) is 1.95. The van der Waals surface area contributed by atoms with E-state index in [-0.39, 0.29) is 11.7 Å². The van der Waals surface area contributed by atoms with Crippen LogP contribution in [0.1, 0.15) is 26.0 Å². The molecule has 19 heavy (non-hydrogen) atoms. The summed E-state index contributed by atoms with van der Waals surface area (Å²) in [4.78, 5) is 26.4. The van der Waals surface area contributed by atoms with Gasteiger partial charge in [-0.15, -0.1) is 11.3 Å². The summed E-state index contributed by atoms with van der Waals surface area (Å²) in [7, 11) is 0. The highest BCUT2D eigenvalue weighted by Crippen LogP contribution is 2.35. The lowest BCUT2D eigenvalue weighted by molar-refractivity contribution is -0.116. The fourth-order valence-corrected chi connectivity index (χ4v) is 3.33. The summed E-state index contributed by atoms with van der Waals surface area (Å²) in [5.41, 5.74) is 1.01. The van der Waals surface area contributed by atoms with E-state index in [0.717, 1.165) is 9.75 Å². The Morgan fingerprint density at radius 3 is 2.68 bits per heavy atom. The second-order valence-electron chi connectivity index (χ2n) is 4.42. The Labute approximate surface area is 119 Å². The monoisotopic (exact) mass is 291 g/mol. The molecule has 1 aromatic carbocycles. The number of ketones is 1. The van der Waals surface area contributed by atoms with E-state index in [2.05, 4.69) is 5.32 Å². The van der Waals surface area contributed by atoms with Crippen molar-refractivity contribution in [3.63, 3.8) is 0 Å². The number of hydrogen-bond donors (Lipinski definition) is 1. The first kappa shape index (κ1) is 12.4. The number of halogens is 1. The predicted molar refractivity (Wildman–Crippen MR) is 76.2 cm³/mol. The highest BCUT2D eigenvalue weighted by molar-refractivity contribution is 7.12. The molecule has 2 heterocycles. The molecule has 5 heteroatoms. The number of anilines is 1. The maximum absolute atomic E-state index is 12.5. The Balaban J connectivity index is 2.08. The summed E-state index contributed by atoms with van der Waals surface area (Å²) >= 11 is 7.34. The second kappa shape index (κ2) is 4.47. The molecule has 0 saturated carbocycles. The quantitative estimate of drug-likeness (QED) is 0.816. The van der Waals surface area contributed by atoms with Crippen molar-refractivity contribution < 1.29 is 9.59 Å². The van der Waals surface area contributed by atoms with Gasteiger partial charge in [0.15, 0.2) is 5.78 Å². The Hall–Kier alpha value is -1.65. The average Bonchev–Trinajstić information content (AvgIpc) is 2.75. The van der Waals surface area contributed by atoms with E-state index in [9.17, 15) is 9.59 Å². The molecule has 3 rings (SSSR count). The van der Waals surface area contributed by atoms with E-state index in [1.807, 2.05) is 19.1 Å². The van der Waals surface area contributed by atoms with E-state index in [4.69, 9.17) is 11.6 Å². The Kier molecular flexibility index (Phi) is 2.92. The van der Waals surface area contributed by atoms with Crippen LogP contribution in [0.25, 0.3) is 0 Å². The van der Waals surface area contributed by atoms with Crippen molar-refractivity contribution >= 4 is 40.3 Å². The summed E-state index contributed by atoms with van der Waals surface area (Å²) in [5, 5.41) is 3.25. The Morgan fingerprint density at radius 1 is 1.21 bits per heavy atom. The number of carbonyl (C=O) groups is 2. The molecule has 1 atom stereocenters. The molecule has 0 saturated heterocycles. The maximum atomic E-state index is 12.5. The molecule has 0 bridgehead atoms. The van der Waals surface area contributed by atoms with Crippen molar-refractivity contribution in [2.45, 2.75) is 12.8 Å². The lowest BCUT2D eigenvalue weighted by Gasteiger charge is -2.22. The van der Waals surface area contributed by atoms with Crippen LogP contribution in [0.3, 0.4) is 0 Å². The molecule has 0 spiro atoms. The number of rotatable bonds is 1. The second-order valence-corrected chi connectivity index (χ2v) is 6.18. The van der Waals surface area contributed by atoms with Gasteiger partial charge in [-0.05, 0) is 37.3 Å². The Bertz CT molecular complexity index is 693. The smallest absolute Gasteiger partial charge is 0.240 e. The zero-order chi connectivity index (χ0) is 13.6. The molecule has 0 aliphatic carbocycles. The number of thiophene rings is 1. The van der Waals surface area contributed by atoms with Gasteiger partial charge in [0.2, 0.25) is 5.91 Å². The zero-order valence-electron chi connectivity index (χ0n) is 10.1. The third-order valence-electron chi connectivity index (χ3n) is 3.07. The van der Waals surface area contributed by atoms with Crippen LogP contribution < -0.4 is 5.32 Å². The molecule has 1 aliphatic heterocycles. The third-order valence-corrected chi connectivity index (χ3v) is 4.38. The number of carbonyl (C=O) groups excluding carboxylic acids is 2. The number of nitrogens with one attached hydrogen (secondary N) is 1. The molecular formula is C14H10ClNO2S. The van der Waals surface area contributed by atoms with Crippen LogP contribution >= 0.6 is 22.9 Å². The van der Waals surface area contributed by atoms with Crippen molar-refractivity contribution in [1.82, 2.24) is 0 Å². The van der Waals surface area contributed by atoms with E-state index in [1.54, 1.807) is 18.2 Å². The molecule has 1 amide bonds. The number of hydrogen-bond acceptors (Lipinski definition) is 3. The molecule has 1 N–H and O–H groups in total. The summed E-state index contributed by atoms with van der Waals surface area (Å²) in [5.74, 6) is -1.20. The van der Waals surface area contributed by atoms with Crippen molar-refractivity contribution in [2.24, 2.45) is 0 Å². The van der Waals surface area contributed by atoms with Crippen LogP contribution in [0, 0.1) is 6.92 Å². The molecule has 1 aromatic heterocycles. The fraction of sp³-hybridized carbons (Fsp3) is 0.143. The van der Waals surface area contributed by atoms with Gasteiger partial charge in [-0.3, -0.25) is 9.59 Å². The molecule has 96 valence electrons. The molecule has 1 aliphatic rings. The summed E-state index contributed by atoms with van der Waals surface area (Å²) in [6, 6.07) is 8.67. The summed E-state index contributed by atoms with van der Waals surface area (Å²) in [6.07, 6.45) is 0. The summed E-state index contributed by atoms with van der Waals surface area (Å²) < 4.78 is 0. The standard InChI is InChI=1S/C14H10ClNO2S/c1-7-2-5-11(19-7)12-13(17)9-4-3-8(15)6-10(9)16-14(12)18/h2-6,12H,1H3,(H,16,18). The first-order valence-corrected chi connectivity index (χ1v) is 6.96. The van der Waals surface area contributed by atoms with Gasteiger partial charge in [0.1, 0.15) is 5.92 Å². The van der Waals surface area contributed by atoms with E-state index in [1.165, 1.54) is 11.3 Å². The van der Waals surface area contributed by atoms with Crippen molar-refractivity contribution in [1.29, 1.82) is 0 Å². The zero-order valence-corrected chi connectivity index (χ0v) is 11.6. The molecule has 2 aromatic rings. The van der Waals surface area contributed by atoms with Gasteiger partial charge < -0.3 is 5.32 Å². The highest BCUT2D eigenvalue weighted by atomic mass is 35.5. The molecule has 3 nitrogen and oxygen atoms in total.